The van der Waals surface area contributed by atoms with Gasteiger partial charge in [0, 0.05) is 11.6 Å². The summed E-state index contributed by atoms with van der Waals surface area (Å²) in [7, 11) is 0. The fraction of sp³-hybridized carbons (Fsp3) is 0.200. The molecule has 4 aromatic rings. The second kappa shape index (κ2) is 9.65. The van der Waals surface area contributed by atoms with E-state index in [1.54, 1.807) is 18.3 Å². The Morgan fingerprint density at radius 2 is 1.87 bits per heavy atom. The molecule has 0 radical (unpaired) electrons. The van der Waals surface area contributed by atoms with E-state index in [0.29, 0.717) is 30.2 Å². The second-order valence-corrected chi connectivity index (χ2v) is 8.72. The van der Waals surface area contributed by atoms with Gasteiger partial charge in [0.25, 0.3) is 0 Å². The minimum absolute atomic E-state index is 0.0238. The molecule has 0 unspecified atom stereocenters. The molecule has 0 spiro atoms. The van der Waals surface area contributed by atoms with Crippen LogP contribution in [0.1, 0.15) is 24.1 Å². The molecule has 0 bridgehead atoms. The van der Waals surface area contributed by atoms with Crippen LogP contribution in [0, 0.1) is 5.82 Å². The number of benzene rings is 1. The van der Waals surface area contributed by atoms with E-state index >= 15 is 0 Å². The topological polar surface area (TPSA) is 121 Å². The average molecular weight is 528 g/mol. The first-order valence-electron chi connectivity index (χ1n) is 11.4. The van der Waals surface area contributed by atoms with Gasteiger partial charge < -0.3 is 25.7 Å². The first kappa shape index (κ1) is 25.0. The van der Waals surface area contributed by atoms with E-state index in [0.717, 1.165) is 17.5 Å². The molecule has 196 valence electrons. The van der Waals surface area contributed by atoms with E-state index in [-0.39, 0.29) is 23.7 Å². The van der Waals surface area contributed by atoms with Crippen molar-refractivity contribution < 1.29 is 31.9 Å². The van der Waals surface area contributed by atoms with Crippen molar-refractivity contribution in [1.29, 1.82) is 0 Å². The van der Waals surface area contributed by atoms with E-state index in [4.69, 9.17) is 4.74 Å². The molecule has 4 N–H and O–H groups in total. The smallest absolute Gasteiger partial charge is 0.409 e. The fourth-order valence-electron chi connectivity index (χ4n) is 3.80. The summed E-state index contributed by atoms with van der Waals surface area (Å²) in [6.07, 6.45) is -0.280. The number of anilines is 2. The molecule has 1 aliphatic rings. The highest BCUT2D eigenvalue weighted by atomic mass is 19.4. The number of halogens is 4. The zero-order valence-corrected chi connectivity index (χ0v) is 19.5. The number of rotatable bonds is 7. The third-order valence-electron chi connectivity index (χ3n) is 5.93. The third-order valence-corrected chi connectivity index (χ3v) is 5.93. The molecule has 5 rings (SSSR count). The van der Waals surface area contributed by atoms with Crippen molar-refractivity contribution in [2.24, 2.45) is 0 Å². The summed E-state index contributed by atoms with van der Waals surface area (Å²) in [6.45, 7) is 0.0238. The lowest BCUT2D eigenvalue weighted by atomic mass is 10.1. The van der Waals surface area contributed by atoms with Crippen LogP contribution in [0.15, 0.2) is 61.1 Å². The number of alkyl halides is 3. The molecule has 38 heavy (non-hydrogen) atoms. The van der Waals surface area contributed by atoms with Gasteiger partial charge in [0.2, 0.25) is 5.91 Å². The number of fused-ring (bicyclic) bond motifs is 1. The van der Waals surface area contributed by atoms with Crippen LogP contribution >= 0.6 is 0 Å². The number of nitrogens with zero attached hydrogens (tertiary/aromatic N) is 2. The number of carbonyl (C=O) groups excluding carboxylic acids is 2. The molecular weight excluding hydrogens is 508 g/mol. The molecule has 3 aromatic heterocycles. The first-order chi connectivity index (χ1) is 18.1. The molecule has 13 heteroatoms. The van der Waals surface area contributed by atoms with Crippen LogP contribution in [0.25, 0.3) is 11.0 Å². The van der Waals surface area contributed by atoms with Crippen LogP contribution in [0.4, 0.5) is 33.7 Å². The van der Waals surface area contributed by atoms with Crippen molar-refractivity contribution >= 4 is 34.4 Å². The number of aromatic amines is 1. The Hall–Kier alpha value is -4.68. The fourth-order valence-corrected chi connectivity index (χ4v) is 3.80. The number of hydrogen-bond acceptors (Lipinski definition) is 6. The van der Waals surface area contributed by atoms with Crippen molar-refractivity contribution in [2.75, 3.05) is 5.32 Å². The van der Waals surface area contributed by atoms with E-state index in [9.17, 15) is 27.2 Å². The maximum atomic E-state index is 13.3. The van der Waals surface area contributed by atoms with Gasteiger partial charge in [0.05, 0.1) is 41.6 Å². The van der Waals surface area contributed by atoms with Gasteiger partial charge in [0.15, 0.2) is 5.75 Å². The van der Waals surface area contributed by atoms with Crippen molar-refractivity contribution in [1.82, 2.24) is 25.6 Å². The lowest BCUT2D eigenvalue weighted by Gasteiger charge is -2.17. The Bertz CT molecular complexity index is 1500. The van der Waals surface area contributed by atoms with Crippen LogP contribution < -0.4 is 20.7 Å². The number of H-pyrrole nitrogens is 1. The maximum absolute atomic E-state index is 13.3. The molecule has 0 aliphatic heterocycles. The number of carbonyl (C=O) groups is 2. The molecule has 1 fully saturated rings. The molecule has 1 aromatic carbocycles. The standard InChI is InChI=1S/C25H20F4N6O3/c26-15-1-4-20(19(10-15)25(27,28)29)34-17-3-2-16(31-12-17)11-33-22(36)24(6-7-24)35-23(37)38-18-9-14-5-8-30-21(14)32-13-18/h1-5,8-10,12-13,34H,6-7,11H2,(H,30,32)(H,33,36)(H,35,37). The molecule has 2 amide bonds. The third kappa shape index (κ3) is 5.51. The Labute approximate surface area is 212 Å². The van der Waals surface area contributed by atoms with Crippen LogP contribution in [-0.2, 0) is 17.5 Å². The molecule has 0 atom stereocenters. The molecule has 0 saturated heterocycles. The van der Waals surface area contributed by atoms with Crippen molar-refractivity contribution in [3.8, 4) is 5.75 Å². The van der Waals surface area contributed by atoms with Crippen LogP contribution in [0.5, 0.6) is 5.75 Å². The summed E-state index contributed by atoms with van der Waals surface area (Å²) in [5.41, 5.74) is -1.23. The SMILES string of the molecule is O=C(NC1(C(=O)NCc2ccc(Nc3ccc(F)cc3C(F)(F)F)cn2)CC1)Oc1cnc2[nH]ccc2c1. The highest BCUT2D eigenvalue weighted by molar-refractivity contribution is 5.93. The highest BCUT2D eigenvalue weighted by Gasteiger charge is 2.51. The number of ether oxygens (including phenoxy) is 1. The first-order valence-corrected chi connectivity index (χ1v) is 11.4. The quantitative estimate of drug-likeness (QED) is 0.256. The number of amides is 2. The van der Waals surface area contributed by atoms with Crippen molar-refractivity contribution in [3.05, 3.63) is 78.1 Å². The van der Waals surface area contributed by atoms with Crippen LogP contribution in [0.2, 0.25) is 0 Å². The zero-order valence-electron chi connectivity index (χ0n) is 19.5. The number of nitrogens with one attached hydrogen (secondary N) is 4. The van der Waals surface area contributed by atoms with E-state index in [2.05, 4.69) is 30.9 Å². The maximum Gasteiger partial charge on any atom is 0.418 e. The predicted octanol–water partition coefficient (Wildman–Crippen LogP) is 4.80. The normalized spacial score (nSPS) is 14.1. The lowest BCUT2D eigenvalue weighted by Crippen LogP contribution is -2.49. The number of hydrogen-bond donors (Lipinski definition) is 4. The lowest BCUT2D eigenvalue weighted by molar-refractivity contribution is -0.137. The van der Waals surface area contributed by atoms with Gasteiger partial charge in [-0.1, -0.05) is 0 Å². The highest BCUT2D eigenvalue weighted by Crippen LogP contribution is 2.37. The van der Waals surface area contributed by atoms with Crippen LogP contribution in [0.3, 0.4) is 0 Å². The monoisotopic (exact) mass is 528 g/mol. The minimum atomic E-state index is -4.74. The van der Waals surface area contributed by atoms with E-state index < -0.39 is 35.1 Å². The molecule has 3 heterocycles. The van der Waals surface area contributed by atoms with Crippen LogP contribution in [-0.4, -0.2) is 32.5 Å². The summed E-state index contributed by atoms with van der Waals surface area (Å²) in [4.78, 5) is 36.3. The van der Waals surface area contributed by atoms with Gasteiger partial charge in [-0.3, -0.25) is 9.78 Å². The summed E-state index contributed by atoms with van der Waals surface area (Å²) in [5.74, 6) is -1.19. The Morgan fingerprint density at radius 3 is 2.58 bits per heavy atom. The molecule has 1 saturated carbocycles. The Morgan fingerprint density at radius 1 is 1.05 bits per heavy atom. The Balaban J connectivity index is 1.15. The Kier molecular flexibility index (Phi) is 6.35. The van der Waals surface area contributed by atoms with Crippen molar-refractivity contribution in [3.63, 3.8) is 0 Å². The molecule has 1 aliphatic carbocycles. The van der Waals surface area contributed by atoms with Gasteiger partial charge >= 0.3 is 12.3 Å². The largest absolute Gasteiger partial charge is 0.418 e. The number of aromatic nitrogens is 3. The van der Waals surface area contributed by atoms with Gasteiger partial charge in [-0.15, -0.1) is 0 Å². The van der Waals surface area contributed by atoms with Gasteiger partial charge in [-0.05, 0) is 55.3 Å². The van der Waals surface area contributed by atoms with E-state index in [1.165, 1.54) is 24.5 Å². The van der Waals surface area contributed by atoms with Crippen molar-refractivity contribution in [2.45, 2.75) is 31.1 Å². The summed E-state index contributed by atoms with van der Waals surface area (Å²) in [6, 6.07) is 8.75. The minimum Gasteiger partial charge on any atom is -0.409 e. The summed E-state index contributed by atoms with van der Waals surface area (Å²) < 4.78 is 58.2. The summed E-state index contributed by atoms with van der Waals surface area (Å²) in [5, 5.41) is 8.63. The average Bonchev–Trinajstić information content (AvgIpc) is 3.50. The summed E-state index contributed by atoms with van der Waals surface area (Å²) >= 11 is 0. The predicted molar refractivity (Wildman–Crippen MR) is 128 cm³/mol. The number of pyridine rings is 2. The molecule has 9 nitrogen and oxygen atoms in total. The van der Waals surface area contributed by atoms with Gasteiger partial charge in [0.1, 0.15) is 17.0 Å². The second-order valence-electron chi connectivity index (χ2n) is 8.72. The van der Waals surface area contributed by atoms with Gasteiger partial charge in [-0.2, -0.15) is 13.2 Å². The molecular formula is C25H20F4N6O3. The van der Waals surface area contributed by atoms with E-state index in [1.807, 2.05) is 0 Å². The van der Waals surface area contributed by atoms with Gasteiger partial charge in [-0.25, -0.2) is 14.2 Å². The zero-order chi connectivity index (χ0) is 26.9.